The zero-order valence-electron chi connectivity index (χ0n) is 20.6. The molecule has 1 unspecified atom stereocenters. The van der Waals surface area contributed by atoms with Gasteiger partial charge in [0.05, 0.1) is 19.7 Å². The molecule has 7 heteroatoms. The summed E-state index contributed by atoms with van der Waals surface area (Å²) in [5.41, 5.74) is 0.246. The largest absolute Gasteiger partial charge is 0.491 e. The van der Waals surface area contributed by atoms with Gasteiger partial charge in [-0.15, -0.1) is 0 Å². The van der Waals surface area contributed by atoms with Crippen molar-refractivity contribution in [1.82, 2.24) is 9.80 Å². The molecule has 2 saturated heterocycles. The van der Waals surface area contributed by atoms with E-state index in [1.807, 2.05) is 21.9 Å². The zero-order valence-corrected chi connectivity index (χ0v) is 20.6. The third-order valence-electron chi connectivity index (χ3n) is 7.39. The molecule has 34 heavy (non-hydrogen) atoms. The highest BCUT2D eigenvalue weighted by Crippen LogP contribution is 2.31. The summed E-state index contributed by atoms with van der Waals surface area (Å²) in [6.45, 7) is 6.36. The molecule has 7 nitrogen and oxygen atoms in total. The van der Waals surface area contributed by atoms with Crippen molar-refractivity contribution in [2.45, 2.75) is 63.9 Å². The van der Waals surface area contributed by atoms with Gasteiger partial charge in [-0.05, 0) is 56.6 Å². The number of unbranched alkanes of at least 4 members (excludes halogenated alkanes) is 1. The maximum Gasteiger partial charge on any atom is 0.256 e. The lowest BCUT2D eigenvalue weighted by Crippen LogP contribution is -2.62. The highest BCUT2D eigenvalue weighted by atomic mass is 16.5. The van der Waals surface area contributed by atoms with Gasteiger partial charge < -0.3 is 24.0 Å². The van der Waals surface area contributed by atoms with E-state index in [0.717, 1.165) is 50.7 Å². The van der Waals surface area contributed by atoms with Crippen LogP contribution in [0.3, 0.4) is 0 Å². The lowest BCUT2D eigenvalue weighted by molar-refractivity contribution is -0.178. The van der Waals surface area contributed by atoms with E-state index in [2.05, 4.69) is 19.1 Å². The molecule has 0 radical (unpaired) electrons. The number of carbonyl (C=O) groups is 2. The second-order valence-corrected chi connectivity index (χ2v) is 9.80. The topological polar surface area (TPSA) is 68.3 Å². The molecule has 0 aliphatic carbocycles. The Balaban J connectivity index is 1.54. The number of para-hydroxylation sites is 1. The molecule has 1 aromatic rings. The molecular formula is C27H40N2O5. The second-order valence-electron chi connectivity index (χ2n) is 9.80. The number of aryl methyl sites for hydroxylation is 1. The van der Waals surface area contributed by atoms with Crippen LogP contribution in [0.15, 0.2) is 24.3 Å². The molecule has 1 atom stereocenters. The number of fused-ring (bicyclic) bond motifs is 1. The first-order chi connectivity index (χ1) is 16.6. The average Bonchev–Trinajstić information content (AvgIpc) is 2.88. The summed E-state index contributed by atoms with van der Waals surface area (Å²) < 4.78 is 17.9. The number of ether oxygens (including phenoxy) is 3. The van der Waals surface area contributed by atoms with Gasteiger partial charge in [-0.2, -0.15) is 0 Å². The Bertz CT molecular complexity index is 825. The smallest absolute Gasteiger partial charge is 0.256 e. The Morgan fingerprint density at radius 2 is 1.91 bits per heavy atom. The monoisotopic (exact) mass is 472 g/mol. The summed E-state index contributed by atoms with van der Waals surface area (Å²) in [6, 6.07) is 8.20. The Kier molecular flexibility index (Phi) is 8.84. The molecule has 3 aliphatic heterocycles. The third kappa shape index (κ3) is 5.92. The first kappa shape index (κ1) is 25.0. The summed E-state index contributed by atoms with van der Waals surface area (Å²) in [6.07, 6.45) is 6.81. The summed E-state index contributed by atoms with van der Waals surface area (Å²) in [5, 5.41) is 0. The number of morpholine rings is 1. The van der Waals surface area contributed by atoms with E-state index in [1.54, 1.807) is 0 Å². The summed E-state index contributed by atoms with van der Waals surface area (Å²) in [7, 11) is 0. The Morgan fingerprint density at radius 3 is 2.74 bits per heavy atom. The molecule has 1 aromatic carbocycles. The Morgan fingerprint density at radius 1 is 1.09 bits per heavy atom. The van der Waals surface area contributed by atoms with E-state index >= 15 is 0 Å². The van der Waals surface area contributed by atoms with E-state index in [1.165, 1.54) is 5.56 Å². The molecule has 0 aromatic heterocycles. The highest BCUT2D eigenvalue weighted by Gasteiger charge is 2.47. The van der Waals surface area contributed by atoms with E-state index in [9.17, 15) is 9.59 Å². The van der Waals surface area contributed by atoms with Crippen molar-refractivity contribution in [3.63, 3.8) is 0 Å². The van der Waals surface area contributed by atoms with Crippen LogP contribution in [0.4, 0.5) is 0 Å². The van der Waals surface area contributed by atoms with Gasteiger partial charge in [0.2, 0.25) is 5.91 Å². The summed E-state index contributed by atoms with van der Waals surface area (Å²) in [5.74, 6) is 1.08. The molecule has 0 saturated carbocycles. The Labute approximate surface area is 203 Å². The predicted molar refractivity (Wildman–Crippen MR) is 130 cm³/mol. The van der Waals surface area contributed by atoms with Crippen LogP contribution in [0.2, 0.25) is 0 Å². The van der Waals surface area contributed by atoms with Crippen LogP contribution in [-0.2, 0) is 25.5 Å². The maximum absolute atomic E-state index is 14.0. The van der Waals surface area contributed by atoms with E-state index < -0.39 is 5.60 Å². The number of hydrogen-bond acceptors (Lipinski definition) is 5. The van der Waals surface area contributed by atoms with Crippen molar-refractivity contribution in [2.75, 3.05) is 52.6 Å². The van der Waals surface area contributed by atoms with Crippen molar-refractivity contribution in [2.24, 2.45) is 5.92 Å². The van der Waals surface area contributed by atoms with Crippen molar-refractivity contribution in [3.05, 3.63) is 29.8 Å². The van der Waals surface area contributed by atoms with Crippen LogP contribution in [-0.4, -0.2) is 79.8 Å². The maximum atomic E-state index is 14.0. The lowest BCUT2D eigenvalue weighted by atomic mass is 9.89. The number of rotatable bonds is 4. The Hall–Kier alpha value is -2.12. The number of amides is 2. The van der Waals surface area contributed by atoms with Crippen LogP contribution in [0.1, 0.15) is 57.4 Å². The number of hydrogen-bond donors (Lipinski definition) is 0. The van der Waals surface area contributed by atoms with Crippen LogP contribution >= 0.6 is 0 Å². The van der Waals surface area contributed by atoms with Crippen molar-refractivity contribution < 1.29 is 23.8 Å². The molecule has 3 aliphatic rings. The first-order valence-electron chi connectivity index (χ1n) is 13.1. The summed E-state index contributed by atoms with van der Waals surface area (Å²) in [4.78, 5) is 31.2. The fourth-order valence-electron chi connectivity index (χ4n) is 5.36. The van der Waals surface area contributed by atoms with Crippen molar-refractivity contribution in [1.29, 1.82) is 0 Å². The summed E-state index contributed by atoms with van der Waals surface area (Å²) >= 11 is 0. The number of carbonyl (C=O) groups excluding carboxylic acids is 2. The first-order valence-corrected chi connectivity index (χ1v) is 13.1. The minimum atomic E-state index is -0.967. The standard InChI is InChI=1S/C27H40N2O5/c1-2-3-14-28-15-19-33-24-10-5-4-8-22(24)9-6-7-13-27(26(28)31)21-29(16-20-34-27)25(30)23-11-17-32-18-12-23/h4-5,8,10,23H,2-3,6-7,9,11-21H2,1H3. The van der Waals surface area contributed by atoms with Crippen LogP contribution in [0.5, 0.6) is 5.75 Å². The number of nitrogens with zero attached hydrogens (tertiary/aromatic N) is 2. The second kappa shape index (κ2) is 12.0. The van der Waals surface area contributed by atoms with Gasteiger partial charge in [0, 0.05) is 32.2 Å². The van der Waals surface area contributed by atoms with Crippen molar-refractivity contribution in [3.8, 4) is 5.75 Å². The fraction of sp³-hybridized carbons (Fsp3) is 0.704. The van der Waals surface area contributed by atoms with Gasteiger partial charge in [-0.1, -0.05) is 31.5 Å². The quantitative estimate of drug-likeness (QED) is 0.672. The molecule has 2 amide bonds. The third-order valence-corrected chi connectivity index (χ3v) is 7.39. The molecule has 3 heterocycles. The highest BCUT2D eigenvalue weighted by molar-refractivity contribution is 5.87. The van der Waals surface area contributed by atoms with Gasteiger partial charge in [-0.3, -0.25) is 9.59 Å². The molecule has 4 rings (SSSR count). The van der Waals surface area contributed by atoms with E-state index in [0.29, 0.717) is 59.0 Å². The van der Waals surface area contributed by atoms with Crippen LogP contribution < -0.4 is 4.74 Å². The minimum Gasteiger partial charge on any atom is -0.491 e. The van der Waals surface area contributed by atoms with E-state index in [4.69, 9.17) is 14.2 Å². The molecule has 0 bridgehead atoms. The van der Waals surface area contributed by atoms with Crippen LogP contribution in [0.25, 0.3) is 0 Å². The van der Waals surface area contributed by atoms with Gasteiger partial charge in [0.1, 0.15) is 12.4 Å². The van der Waals surface area contributed by atoms with Gasteiger partial charge in [0.15, 0.2) is 5.60 Å². The fourth-order valence-corrected chi connectivity index (χ4v) is 5.36. The van der Waals surface area contributed by atoms with E-state index in [-0.39, 0.29) is 17.7 Å². The number of benzene rings is 1. The zero-order chi connectivity index (χ0) is 23.8. The normalized spacial score (nSPS) is 25.3. The average molecular weight is 473 g/mol. The van der Waals surface area contributed by atoms with Crippen molar-refractivity contribution >= 4 is 11.8 Å². The molecule has 2 fully saturated rings. The SMILES string of the molecule is CCCCN1CCOc2ccccc2CCCCC2(CN(C(=O)C3CCOCC3)CCO2)C1=O. The molecule has 0 N–H and O–H groups in total. The predicted octanol–water partition coefficient (Wildman–Crippen LogP) is 3.44. The van der Waals surface area contributed by atoms with Gasteiger partial charge in [0.25, 0.3) is 5.91 Å². The minimum absolute atomic E-state index is 0.00801. The van der Waals surface area contributed by atoms with Crippen LogP contribution in [0, 0.1) is 5.92 Å². The molecule has 188 valence electrons. The molecular weight excluding hydrogens is 432 g/mol. The van der Waals surface area contributed by atoms with Gasteiger partial charge in [-0.25, -0.2) is 0 Å². The van der Waals surface area contributed by atoms with Gasteiger partial charge >= 0.3 is 0 Å². The molecule has 1 spiro atoms. The lowest BCUT2D eigenvalue weighted by Gasteiger charge is -2.45.